The molecule has 2 heterocycles. The predicted octanol–water partition coefficient (Wildman–Crippen LogP) is 5.49. The van der Waals surface area contributed by atoms with Crippen LogP contribution in [-0.4, -0.2) is 29.0 Å². The number of aldehydes is 1. The summed E-state index contributed by atoms with van der Waals surface area (Å²) in [6.45, 7) is 0.749. The zero-order chi connectivity index (χ0) is 20.2. The van der Waals surface area contributed by atoms with Crippen molar-refractivity contribution in [2.75, 3.05) is 6.61 Å². The first-order valence-corrected chi connectivity index (χ1v) is 10.2. The molecule has 0 radical (unpaired) electrons. The van der Waals surface area contributed by atoms with Gasteiger partial charge < -0.3 is 9.47 Å². The SMILES string of the molecule is O=Cc1cc(Cc2ccc(OC3CCCCO3)cc2)n(-c2ccc(Cl)cc2Cl)n1. The average Bonchev–Trinajstić information content (AvgIpc) is 3.13. The highest BCUT2D eigenvalue weighted by Crippen LogP contribution is 2.27. The number of ether oxygens (including phenoxy) is 2. The van der Waals surface area contributed by atoms with E-state index >= 15 is 0 Å². The Balaban J connectivity index is 1.54. The topological polar surface area (TPSA) is 53.4 Å². The molecule has 1 atom stereocenters. The number of hydrogen-bond donors (Lipinski definition) is 0. The van der Waals surface area contributed by atoms with Crippen LogP contribution >= 0.6 is 23.2 Å². The molecule has 3 aromatic rings. The Labute approximate surface area is 179 Å². The molecule has 1 aromatic heterocycles. The van der Waals surface area contributed by atoms with Gasteiger partial charge in [-0.15, -0.1) is 0 Å². The molecule has 1 unspecified atom stereocenters. The number of halogens is 2. The molecule has 0 saturated carbocycles. The van der Waals surface area contributed by atoms with E-state index in [9.17, 15) is 4.79 Å². The molecule has 0 spiro atoms. The maximum atomic E-state index is 11.3. The highest BCUT2D eigenvalue weighted by molar-refractivity contribution is 6.35. The van der Waals surface area contributed by atoms with Crippen molar-refractivity contribution in [3.05, 3.63) is 75.5 Å². The molecule has 0 amide bonds. The minimum Gasteiger partial charge on any atom is -0.465 e. The summed E-state index contributed by atoms with van der Waals surface area (Å²) in [5.41, 5.74) is 2.93. The summed E-state index contributed by atoms with van der Waals surface area (Å²) in [5, 5.41) is 5.37. The number of benzene rings is 2. The third-order valence-corrected chi connectivity index (χ3v) is 5.31. The molecule has 5 nitrogen and oxygen atoms in total. The minimum atomic E-state index is -0.168. The Hall–Kier alpha value is -2.34. The van der Waals surface area contributed by atoms with Crippen LogP contribution in [0.3, 0.4) is 0 Å². The maximum Gasteiger partial charge on any atom is 0.199 e. The number of aromatic nitrogens is 2. The van der Waals surface area contributed by atoms with Crippen LogP contribution in [0.15, 0.2) is 48.5 Å². The molecule has 7 heteroatoms. The van der Waals surface area contributed by atoms with Crippen molar-refractivity contribution in [3.8, 4) is 11.4 Å². The van der Waals surface area contributed by atoms with E-state index in [1.807, 2.05) is 24.3 Å². The Morgan fingerprint density at radius 2 is 1.97 bits per heavy atom. The van der Waals surface area contributed by atoms with E-state index in [0.717, 1.165) is 49.2 Å². The van der Waals surface area contributed by atoms with Gasteiger partial charge in [0.15, 0.2) is 12.6 Å². The van der Waals surface area contributed by atoms with Crippen molar-refractivity contribution in [2.45, 2.75) is 32.0 Å². The van der Waals surface area contributed by atoms with E-state index < -0.39 is 0 Å². The Morgan fingerprint density at radius 1 is 1.14 bits per heavy atom. The van der Waals surface area contributed by atoms with Crippen molar-refractivity contribution in [2.24, 2.45) is 0 Å². The van der Waals surface area contributed by atoms with Gasteiger partial charge in [0.05, 0.1) is 17.3 Å². The molecule has 0 bridgehead atoms. The van der Waals surface area contributed by atoms with Gasteiger partial charge in [0.2, 0.25) is 0 Å². The molecular weight excluding hydrogens is 411 g/mol. The van der Waals surface area contributed by atoms with Crippen LogP contribution in [0, 0.1) is 0 Å². The molecule has 0 aliphatic carbocycles. The lowest BCUT2D eigenvalue weighted by molar-refractivity contribution is -0.105. The Morgan fingerprint density at radius 3 is 2.66 bits per heavy atom. The summed E-state index contributed by atoms with van der Waals surface area (Å²) < 4.78 is 13.2. The van der Waals surface area contributed by atoms with Gasteiger partial charge in [-0.1, -0.05) is 35.3 Å². The zero-order valence-electron chi connectivity index (χ0n) is 15.7. The molecule has 1 aliphatic heterocycles. The normalized spacial score (nSPS) is 16.6. The van der Waals surface area contributed by atoms with Gasteiger partial charge in [-0.05, 0) is 54.8 Å². The minimum absolute atomic E-state index is 0.168. The monoisotopic (exact) mass is 430 g/mol. The van der Waals surface area contributed by atoms with Crippen molar-refractivity contribution in [1.29, 1.82) is 0 Å². The molecular formula is C22H20Cl2N2O3. The number of carbonyl (C=O) groups is 1. The van der Waals surface area contributed by atoms with E-state index in [4.69, 9.17) is 32.7 Å². The van der Waals surface area contributed by atoms with E-state index in [-0.39, 0.29) is 6.29 Å². The Bertz CT molecular complexity index is 996. The van der Waals surface area contributed by atoms with Crippen molar-refractivity contribution in [3.63, 3.8) is 0 Å². The average molecular weight is 431 g/mol. The second-order valence-electron chi connectivity index (χ2n) is 6.92. The summed E-state index contributed by atoms with van der Waals surface area (Å²) in [7, 11) is 0. The van der Waals surface area contributed by atoms with E-state index in [1.165, 1.54) is 0 Å². The van der Waals surface area contributed by atoms with Crippen molar-refractivity contribution >= 4 is 29.5 Å². The quantitative estimate of drug-likeness (QED) is 0.485. The van der Waals surface area contributed by atoms with Crippen molar-refractivity contribution < 1.29 is 14.3 Å². The summed E-state index contributed by atoms with van der Waals surface area (Å²) in [5.74, 6) is 0.781. The third kappa shape index (κ3) is 4.81. The smallest absolute Gasteiger partial charge is 0.199 e. The fraction of sp³-hybridized carbons (Fsp3) is 0.273. The summed E-state index contributed by atoms with van der Waals surface area (Å²) in [6, 6.07) is 14.8. The molecule has 4 rings (SSSR count). The molecule has 0 N–H and O–H groups in total. The largest absolute Gasteiger partial charge is 0.465 e. The lowest BCUT2D eigenvalue weighted by atomic mass is 10.1. The first-order chi connectivity index (χ1) is 14.1. The van der Waals surface area contributed by atoms with Crippen LogP contribution in [-0.2, 0) is 11.2 Å². The lowest BCUT2D eigenvalue weighted by Crippen LogP contribution is -2.24. The van der Waals surface area contributed by atoms with Gasteiger partial charge >= 0.3 is 0 Å². The maximum absolute atomic E-state index is 11.3. The number of nitrogens with zero attached hydrogens (tertiary/aromatic N) is 2. The van der Waals surface area contributed by atoms with Gasteiger partial charge in [-0.2, -0.15) is 5.10 Å². The van der Waals surface area contributed by atoms with E-state index in [0.29, 0.717) is 27.8 Å². The predicted molar refractivity (Wildman–Crippen MR) is 112 cm³/mol. The van der Waals surface area contributed by atoms with Gasteiger partial charge in [0, 0.05) is 23.6 Å². The fourth-order valence-electron chi connectivity index (χ4n) is 3.34. The van der Waals surface area contributed by atoms with Gasteiger partial charge in [0.1, 0.15) is 11.4 Å². The third-order valence-electron chi connectivity index (χ3n) is 4.77. The van der Waals surface area contributed by atoms with Crippen LogP contribution in [0.5, 0.6) is 5.75 Å². The zero-order valence-corrected chi connectivity index (χ0v) is 17.2. The van der Waals surface area contributed by atoms with Gasteiger partial charge in [-0.25, -0.2) is 4.68 Å². The van der Waals surface area contributed by atoms with Crippen LogP contribution in [0.2, 0.25) is 10.0 Å². The second kappa shape index (κ2) is 8.99. The standard InChI is InChI=1S/C22H20Cl2N2O3/c23-16-6-9-21(20(24)12-16)26-18(13-17(14-27)25-26)11-15-4-7-19(8-5-15)29-22-3-1-2-10-28-22/h4-9,12-14,22H,1-3,10-11H2. The molecule has 150 valence electrons. The summed E-state index contributed by atoms with van der Waals surface area (Å²) in [6.07, 6.45) is 4.27. The summed E-state index contributed by atoms with van der Waals surface area (Å²) >= 11 is 12.3. The molecule has 1 fully saturated rings. The second-order valence-corrected chi connectivity index (χ2v) is 7.76. The molecule has 29 heavy (non-hydrogen) atoms. The van der Waals surface area contributed by atoms with Crippen LogP contribution < -0.4 is 4.74 Å². The molecule has 2 aromatic carbocycles. The highest BCUT2D eigenvalue weighted by atomic mass is 35.5. The van der Waals surface area contributed by atoms with E-state index in [1.54, 1.807) is 28.9 Å². The molecule has 1 saturated heterocycles. The number of carbonyl (C=O) groups excluding carboxylic acids is 1. The fourth-order valence-corrected chi connectivity index (χ4v) is 3.82. The van der Waals surface area contributed by atoms with Crippen molar-refractivity contribution in [1.82, 2.24) is 9.78 Å². The van der Waals surface area contributed by atoms with Gasteiger partial charge in [-0.3, -0.25) is 4.79 Å². The summed E-state index contributed by atoms with van der Waals surface area (Å²) in [4.78, 5) is 11.3. The van der Waals surface area contributed by atoms with E-state index in [2.05, 4.69) is 5.10 Å². The molecule has 1 aliphatic rings. The van der Waals surface area contributed by atoms with Crippen LogP contribution in [0.25, 0.3) is 5.69 Å². The number of rotatable bonds is 6. The Kier molecular flexibility index (Phi) is 6.19. The van der Waals surface area contributed by atoms with Gasteiger partial charge in [0.25, 0.3) is 0 Å². The van der Waals surface area contributed by atoms with Crippen LogP contribution in [0.4, 0.5) is 0 Å². The first kappa shape index (κ1) is 20.0. The highest BCUT2D eigenvalue weighted by Gasteiger charge is 2.16. The lowest BCUT2D eigenvalue weighted by Gasteiger charge is -2.23. The van der Waals surface area contributed by atoms with Crippen LogP contribution in [0.1, 0.15) is 41.0 Å². The number of hydrogen-bond acceptors (Lipinski definition) is 4. The first-order valence-electron chi connectivity index (χ1n) is 9.49.